The Bertz CT molecular complexity index is 1570. The molecule has 0 atom stereocenters. The van der Waals surface area contributed by atoms with Crippen LogP contribution in [0.1, 0.15) is 11.1 Å². The fourth-order valence-electron chi connectivity index (χ4n) is 3.72. The highest BCUT2D eigenvalue weighted by molar-refractivity contribution is 7.19. The summed E-state index contributed by atoms with van der Waals surface area (Å²) in [5.41, 5.74) is 7.31. The molecule has 168 valence electrons. The topological polar surface area (TPSA) is 69.5 Å². The monoisotopic (exact) mass is 490 g/mol. The zero-order chi connectivity index (χ0) is 24.4. The van der Waals surface area contributed by atoms with E-state index < -0.39 is 0 Å². The molecule has 0 saturated heterocycles. The maximum atomic E-state index is 9.08. The summed E-state index contributed by atoms with van der Waals surface area (Å²) in [7, 11) is 0. The predicted octanol–water partition coefficient (Wildman–Crippen LogP) is 7.98. The van der Waals surface area contributed by atoms with Crippen LogP contribution in [0.15, 0.2) is 77.8 Å². The molecule has 5 aromatic rings. The van der Waals surface area contributed by atoms with Gasteiger partial charge in [0.25, 0.3) is 0 Å². The second kappa shape index (κ2) is 9.47. The van der Waals surface area contributed by atoms with E-state index in [1.54, 1.807) is 23.5 Å². The molecular formula is C27H18N6S2. The number of amidine groups is 1. The summed E-state index contributed by atoms with van der Waals surface area (Å²) < 4.78 is 8.88. The van der Waals surface area contributed by atoms with E-state index in [1.165, 1.54) is 11.1 Å². The van der Waals surface area contributed by atoms with Crippen LogP contribution in [0.4, 0.5) is 22.1 Å². The van der Waals surface area contributed by atoms with E-state index in [0.29, 0.717) is 16.7 Å². The van der Waals surface area contributed by atoms with E-state index in [2.05, 4.69) is 98.0 Å². The molecule has 0 aliphatic heterocycles. The minimum Gasteiger partial charge on any atom is -0.351 e. The van der Waals surface area contributed by atoms with Gasteiger partial charge in [-0.1, -0.05) is 42.0 Å². The molecule has 2 heterocycles. The number of hydrogen-bond acceptors (Lipinski definition) is 7. The molecule has 6 nitrogen and oxygen atoms in total. The molecule has 5 rings (SSSR count). The van der Waals surface area contributed by atoms with E-state index in [-0.39, 0.29) is 5.84 Å². The van der Waals surface area contributed by atoms with Crippen molar-refractivity contribution in [1.82, 2.24) is 8.75 Å². The summed E-state index contributed by atoms with van der Waals surface area (Å²) in [5.74, 6) is -0.225. The molecule has 0 radical (unpaired) electrons. The highest BCUT2D eigenvalue weighted by Gasteiger charge is 2.19. The van der Waals surface area contributed by atoms with Crippen molar-refractivity contribution in [3.8, 4) is 16.5 Å². The number of aliphatic imine (C=N–C) groups is 1. The average Bonchev–Trinajstić information content (AvgIpc) is 3.56. The highest BCUT2D eigenvalue weighted by atomic mass is 32.1. The minimum atomic E-state index is -0.225. The lowest BCUT2D eigenvalue weighted by Gasteiger charge is -2.24. The predicted molar refractivity (Wildman–Crippen MR) is 144 cm³/mol. The summed E-state index contributed by atoms with van der Waals surface area (Å²) in [6.07, 6.45) is 0. The van der Waals surface area contributed by atoms with Crippen LogP contribution in [-0.4, -0.2) is 14.6 Å². The minimum absolute atomic E-state index is 0.225. The van der Waals surface area contributed by atoms with E-state index in [4.69, 9.17) is 11.8 Å². The van der Waals surface area contributed by atoms with Gasteiger partial charge in [-0.15, -0.1) is 16.3 Å². The van der Waals surface area contributed by atoms with Crippen LogP contribution < -0.4 is 4.90 Å². The van der Waals surface area contributed by atoms with E-state index >= 15 is 0 Å². The first-order valence-corrected chi connectivity index (χ1v) is 12.3. The van der Waals surface area contributed by atoms with Crippen LogP contribution >= 0.6 is 23.1 Å². The van der Waals surface area contributed by atoms with Crippen LogP contribution in [0.5, 0.6) is 0 Å². The number of hydrogen-bond donors (Lipinski definition) is 0. The Kier molecular flexibility index (Phi) is 6.07. The van der Waals surface area contributed by atoms with Gasteiger partial charge in [-0.2, -0.15) is 8.75 Å². The number of anilines is 3. The summed E-state index contributed by atoms with van der Waals surface area (Å²) in [5, 5.41) is 10.2. The Morgan fingerprint density at radius 3 is 2.11 bits per heavy atom. The second-order valence-corrected chi connectivity index (χ2v) is 9.49. The lowest BCUT2D eigenvalue weighted by Crippen LogP contribution is -2.08. The molecule has 8 heteroatoms. The van der Waals surface area contributed by atoms with Crippen molar-refractivity contribution < 1.29 is 0 Å². The number of fused-ring (bicyclic) bond motifs is 1. The summed E-state index contributed by atoms with van der Waals surface area (Å²) in [6, 6.07) is 26.7. The van der Waals surface area contributed by atoms with Crippen molar-refractivity contribution in [3.05, 3.63) is 95.3 Å². The maximum absolute atomic E-state index is 9.08. The van der Waals surface area contributed by atoms with Crippen LogP contribution in [-0.2, 0) is 0 Å². The van der Waals surface area contributed by atoms with Crippen molar-refractivity contribution in [2.45, 2.75) is 13.8 Å². The molecule has 0 spiro atoms. The van der Waals surface area contributed by atoms with Crippen molar-refractivity contribution in [1.29, 1.82) is 5.26 Å². The van der Waals surface area contributed by atoms with Gasteiger partial charge in [0.1, 0.15) is 16.6 Å². The molecule has 0 fully saturated rings. The number of thiophene rings is 1. The third-order valence-electron chi connectivity index (χ3n) is 5.49. The summed E-state index contributed by atoms with van der Waals surface area (Å²) in [6.45, 7) is 11.3. The van der Waals surface area contributed by atoms with Gasteiger partial charge in [0.15, 0.2) is 11.2 Å². The van der Waals surface area contributed by atoms with Crippen molar-refractivity contribution in [2.75, 3.05) is 4.90 Å². The Hall–Kier alpha value is -4.37. The fourth-order valence-corrected chi connectivity index (χ4v) is 5.36. The third-order valence-corrected chi connectivity index (χ3v) is 7.12. The lowest BCUT2D eigenvalue weighted by molar-refractivity contribution is 1.29. The molecule has 2 aromatic heterocycles. The Balaban J connectivity index is 1.60. The first-order valence-electron chi connectivity index (χ1n) is 10.7. The molecule has 0 N–H and O–H groups in total. The molecular weight excluding hydrogens is 472 g/mol. The average molecular weight is 491 g/mol. The molecule has 0 saturated carbocycles. The van der Waals surface area contributed by atoms with E-state index in [9.17, 15) is 0 Å². The van der Waals surface area contributed by atoms with E-state index in [1.807, 2.05) is 6.07 Å². The number of aryl methyl sites for hydroxylation is 2. The third kappa shape index (κ3) is 4.41. The molecule has 35 heavy (non-hydrogen) atoms. The fraction of sp³-hybridized carbons (Fsp3) is 0.0741. The van der Waals surface area contributed by atoms with Gasteiger partial charge in [0, 0.05) is 21.8 Å². The van der Waals surface area contributed by atoms with E-state index in [0.717, 1.165) is 38.5 Å². The second-order valence-electron chi connectivity index (χ2n) is 7.90. The van der Waals surface area contributed by atoms with Gasteiger partial charge in [0.2, 0.25) is 0 Å². The Morgan fingerprint density at radius 1 is 0.886 bits per heavy atom. The van der Waals surface area contributed by atoms with Crippen molar-refractivity contribution >= 4 is 62.0 Å². The molecule has 0 unspecified atom stereocenters. The smallest absolute Gasteiger partial charge is 0.349 e. The van der Waals surface area contributed by atoms with Crippen molar-refractivity contribution in [2.24, 2.45) is 4.99 Å². The normalized spacial score (nSPS) is 11.3. The number of benzene rings is 3. The first-order chi connectivity index (χ1) is 17.1. The summed E-state index contributed by atoms with van der Waals surface area (Å²) >= 11 is 2.76. The number of rotatable bonds is 5. The lowest BCUT2D eigenvalue weighted by atomic mass is 10.1. The number of nitriles is 1. The summed E-state index contributed by atoms with van der Waals surface area (Å²) in [4.78, 5) is 10.6. The molecule has 0 amide bonds. The zero-order valence-corrected chi connectivity index (χ0v) is 20.6. The van der Waals surface area contributed by atoms with Crippen LogP contribution in [0, 0.1) is 31.8 Å². The molecule has 3 aromatic carbocycles. The maximum Gasteiger partial charge on any atom is 0.349 e. The molecule has 0 aliphatic rings. The van der Waals surface area contributed by atoms with Crippen LogP contribution in [0.3, 0.4) is 0 Å². The molecule has 0 aliphatic carbocycles. The van der Waals surface area contributed by atoms with Crippen LogP contribution in [0.25, 0.3) is 26.3 Å². The number of nitrogens with zero attached hydrogens (tertiary/aromatic N) is 6. The van der Waals surface area contributed by atoms with Gasteiger partial charge in [0.05, 0.1) is 11.7 Å². The van der Waals surface area contributed by atoms with Gasteiger partial charge < -0.3 is 9.74 Å². The van der Waals surface area contributed by atoms with Gasteiger partial charge in [-0.25, -0.2) is 5.26 Å². The standard InChI is InChI=1S/C27H18N6S2/c1-17-4-8-19(9-5-17)33(20-10-6-18(2)7-11-20)25-15-14-23(34-25)21-12-13-22(30-24(16-28)29-3)27-26(21)31-35-32-27/h4-15H,1-2H3. The largest absolute Gasteiger partial charge is 0.351 e. The van der Waals surface area contributed by atoms with Gasteiger partial charge >= 0.3 is 5.84 Å². The zero-order valence-electron chi connectivity index (χ0n) is 18.9. The SMILES string of the molecule is [C-]#[N+]C(C#N)=Nc1ccc(-c2ccc(N(c3ccc(C)cc3)c3ccc(C)cc3)s2)c2nsnc12. The molecule has 0 bridgehead atoms. The van der Waals surface area contributed by atoms with Crippen LogP contribution in [0.2, 0.25) is 0 Å². The number of aromatic nitrogens is 2. The quantitative estimate of drug-likeness (QED) is 0.142. The Labute approximate surface area is 211 Å². The van der Waals surface area contributed by atoms with Gasteiger partial charge in [-0.3, -0.25) is 0 Å². The van der Waals surface area contributed by atoms with Gasteiger partial charge in [-0.05, 0) is 62.4 Å². The van der Waals surface area contributed by atoms with Crippen molar-refractivity contribution in [3.63, 3.8) is 0 Å². The Morgan fingerprint density at radius 2 is 1.51 bits per heavy atom. The first kappa shape index (κ1) is 22.4. The highest BCUT2D eigenvalue weighted by Crippen LogP contribution is 2.44.